The molecule has 0 saturated carbocycles. The highest BCUT2D eigenvalue weighted by Gasteiger charge is 2.18. The first kappa shape index (κ1) is 12.4. The summed E-state index contributed by atoms with van der Waals surface area (Å²) in [5.41, 5.74) is 2.38. The van der Waals surface area contributed by atoms with Crippen molar-refractivity contribution < 1.29 is 4.39 Å². The smallest absolute Gasteiger partial charge is 0.125 e. The van der Waals surface area contributed by atoms with Crippen LogP contribution in [0.1, 0.15) is 25.3 Å². The number of hydrogen-bond donors (Lipinski definition) is 1. The van der Waals surface area contributed by atoms with E-state index in [0.29, 0.717) is 0 Å². The molecule has 0 unspecified atom stereocenters. The van der Waals surface area contributed by atoms with Crippen molar-refractivity contribution in [2.75, 3.05) is 31.1 Å². The molecule has 0 saturated heterocycles. The van der Waals surface area contributed by atoms with Crippen molar-refractivity contribution >= 4 is 5.69 Å². The molecule has 94 valence electrons. The van der Waals surface area contributed by atoms with Gasteiger partial charge in [-0.3, -0.25) is 0 Å². The summed E-state index contributed by atoms with van der Waals surface area (Å²) in [6, 6.07) is 5.15. The summed E-state index contributed by atoms with van der Waals surface area (Å²) < 4.78 is 13.2. The molecule has 2 rings (SSSR count). The van der Waals surface area contributed by atoms with Crippen molar-refractivity contribution in [3.05, 3.63) is 29.6 Å². The first-order chi connectivity index (χ1) is 8.31. The maximum Gasteiger partial charge on any atom is 0.125 e. The molecule has 0 aliphatic carbocycles. The number of halogens is 1. The number of nitrogens with zero attached hydrogens (tertiary/aromatic N) is 1. The lowest BCUT2D eigenvalue weighted by Crippen LogP contribution is -2.26. The zero-order chi connectivity index (χ0) is 12.1. The Morgan fingerprint density at radius 2 is 2.24 bits per heavy atom. The molecule has 0 fully saturated rings. The molecule has 1 N–H and O–H groups in total. The highest BCUT2D eigenvalue weighted by molar-refractivity contribution is 5.58. The van der Waals surface area contributed by atoms with E-state index in [9.17, 15) is 4.39 Å². The molecular weight excluding hydrogens is 215 g/mol. The molecule has 1 aliphatic rings. The van der Waals surface area contributed by atoms with Gasteiger partial charge in [-0.05, 0) is 50.0 Å². The molecule has 0 spiro atoms. The SMILES string of the molecule is CCCNCCCN1CCc2ccc(F)cc21. The Bertz CT molecular complexity index is 365. The Hall–Kier alpha value is -1.09. The Labute approximate surface area is 103 Å². The van der Waals surface area contributed by atoms with Crippen LogP contribution in [0.25, 0.3) is 0 Å². The summed E-state index contributed by atoms with van der Waals surface area (Å²) in [6.45, 7) is 6.37. The Kier molecular flexibility index (Phi) is 4.37. The van der Waals surface area contributed by atoms with Crippen LogP contribution >= 0.6 is 0 Å². The number of hydrogen-bond acceptors (Lipinski definition) is 2. The van der Waals surface area contributed by atoms with Crippen molar-refractivity contribution in [2.24, 2.45) is 0 Å². The molecule has 1 aromatic rings. The van der Waals surface area contributed by atoms with E-state index in [2.05, 4.69) is 17.1 Å². The molecule has 0 radical (unpaired) electrons. The first-order valence-corrected chi connectivity index (χ1v) is 6.55. The predicted molar refractivity (Wildman–Crippen MR) is 70.1 cm³/mol. The van der Waals surface area contributed by atoms with Crippen molar-refractivity contribution in [1.82, 2.24) is 5.32 Å². The van der Waals surface area contributed by atoms with Gasteiger partial charge in [0.25, 0.3) is 0 Å². The lowest BCUT2D eigenvalue weighted by atomic mass is 10.2. The third-order valence-electron chi connectivity index (χ3n) is 3.25. The van der Waals surface area contributed by atoms with E-state index in [0.717, 1.165) is 44.7 Å². The predicted octanol–water partition coefficient (Wildman–Crippen LogP) is 2.58. The molecule has 0 amide bonds. The van der Waals surface area contributed by atoms with Crippen molar-refractivity contribution in [2.45, 2.75) is 26.2 Å². The Balaban J connectivity index is 1.82. The second kappa shape index (κ2) is 6.01. The van der Waals surface area contributed by atoms with Gasteiger partial charge in [0.2, 0.25) is 0 Å². The largest absolute Gasteiger partial charge is 0.371 e. The second-order valence-electron chi connectivity index (χ2n) is 4.61. The Morgan fingerprint density at radius 3 is 3.06 bits per heavy atom. The first-order valence-electron chi connectivity index (χ1n) is 6.55. The number of rotatable bonds is 6. The molecule has 3 heteroatoms. The van der Waals surface area contributed by atoms with Gasteiger partial charge in [0.15, 0.2) is 0 Å². The summed E-state index contributed by atoms with van der Waals surface area (Å²) in [6.07, 6.45) is 3.35. The highest BCUT2D eigenvalue weighted by atomic mass is 19.1. The van der Waals surface area contributed by atoms with E-state index >= 15 is 0 Å². The minimum absolute atomic E-state index is 0.125. The maximum absolute atomic E-state index is 13.2. The van der Waals surface area contributed by atoms with Gasteiger partial charge in [0.1, 0.15) is 5.82 Å². The van der Waals surface area contributed by atoms with Crippen LogP contribution in [0.2, 0.25) is 0 Å². The average Bonchev–Trinajstić information content (AvgIpc) is 2.72. The molecule has 1 aliphatic heterocycles. The summed E-state index contributed by atoms with van der Waals surface area (Å²) in [7, 11) is 0. The van der Waals surface area contributed by atoms with Crippen LogP contribution in [-0.4, -0.2) is 26.2 Å². The van der Waals surface area contributed by atoms with Gasteiger partial charge in [0.05, 0.1) is 0 Å². The summed E-state index contributed by atoms with van der Waals surface area (Å²) in [5, 5.41) is 3.39. The van der Waals surface area contributed by atoms with Crippen LogP contribution in [0, 0.1) is 5.82 Å². The quantitative estimate of drug-likeness (QED) is 0.764. The number of fused-ring (bicyclic) bond motifs is 1. The van der Waals surface area contributed by atoms with Gasteiger partial charge in [0, 0.05) is 18.8 Å². The normalized spacial score (nSPS) is 14.1. The molecule has 0 bridgehead atoms. The third kappa shape index (κ3) is 3.19. The number of benzene rings is 1. The van der Waals surface area contributed by atoms with Crippen LogP contribution in [0.3, 0.4) is 0 Å². The lowest BCUT2D eigenvalue weighted by Gasteiger charge is -2.19. The van der Waals surface area contributed by atoms with Crippen LogP contribution in [0.15, 0.2) is 18.2 Å². The minimum atomic E-state index is -0.125. The standard InChI is InChI=1S/C14H21FN2/c1-2-7-16-8-3-9-17-10-6-12-4-5-13(15)11-14(12)17/h4-5,11,16H,2-3,6-10H2,1H3. The molecule has 0 aromatic heterocycles. The zero-order valence-corrected chi connectivity index (χ0v) is 10.5. The molecule has 1 aromatic carbocycles. The van der Waals surface area contributed by atoms with E-state index in [1.165, 1.54) is 12.0 Å². The number of nitrogens with one attached hydrogen (secondary N) is 1. The Morgan fingerprint density at radius 1 is 1.35 bits per heavy atom. The van der Waals surface area contributed by atoms with E-state index in [4.69, 9.17) is 0 Å². The molecule has 1 heterocycles. The van der Waals surface area contributed by atoms with Crippen molar-refractivity contribution in [3.8, 4) is 0 Å². The van der Waals surface area contributed by atoms with E-state index in [-0.39, 0.29) is 5.82 Å². The monoisotopic (exact) mass is 236 g/mol. The summed E-state index contributed by atoms with van der Waals surface area (Å²) >= 11 is 0. The van der Waals surface area contributed by atoms with Crippen LogP contribution in [0.4, 0.5) is 10.1 Å². The van der Waals surface area contributed by atoms with Gasteiger partial charge in [-0.1, -0.05) is 13.0 Å². The molecular formula is C14H21FN2. The van der Waals surface area contributed by atoms with Crippen molar-refractivity contribution in [3.63, 3.8) is 0 Å². The fraction of sp³-hybridized carbons (Fsp3) is 0.571. The topological polar surface area (TPSA) is 15.3 Å². The van der Waals surface area contributed by atoms with Crippen LogP contribution in [-0.2, 0) is 6.42 Å². The third-order valence-corrected chi connectivity index (χ3v) is 3.25. The molecule has 0 atom stereocenters. The maximum atomic E-state index is 13.2. The van der Waals surface area contributed by atoms with Gasteiger partial charge >= 0.3 is 0 Å². The molecule has 2 nitrogen and oxygen atoms in total. The summed E-state index contributed by atoms with van der Waals surface area (Å²) in [4.78, 5) is 2.30. The van der Waals surface area contributed by atoms with Gasteiger partial charge in [-0.15, -0.1) is 0 Å². The minimum Gasteiger partial charge on any atom is -0.371 e. The lowest BCUT2D eigenvalue weighted by molar-refractivity contribution is 0.622. The molecule has 17 heavy (non-hydrogen) atoms. The van der Waals surface area contributed by atoms with E-state index in [1.54, 1.807) is 12.1 Å². The van der Waals surface area contributed by atoms with Crippen LogP contribution < -0.4 is 10.2 Å². The fourth-order valence-corrected chi connectivity index (χ4v) is 2.35. The van der Waals surface area contributed by atoms with Crippen molar-refractivity contribution in [1.29, 1.82) is 0 Å². The average molecular weight is 236 g/mol. The van der Waals surface area contributed by atoms with Gasteiger partial charge in [-0.2, -0.15) is 0 Å². The van der Waals surface area contributed by atoms with E-state index < -0.39 is 0 Å². The van der Waals surface area contributed by atoms with Gasteiger partial charge in [-0.25, -0.2) is 4.39 Å². The fourth-order valence-electron chi connectivity index (χ4n) is 2.35. The van der Waals surface area contributed by atoms with E-state index in [1.807, 2.05) is 6.07 Å². The van der Waals surface area contributed by atoms with Gasteiger partial charge < -0.3 is 10.2 Å². The summed E-state index contributed by atoms with van der Waals surface area (Å²) in [5.74, 6) is -0.125. The highest BCUT2D eigenvalue weighted by Crippen LogP contribution is 2.28. The number of anilines is 1. The van der Waals surface area contributed by atoms with Crippen LogP contribution in [0.5, 0.6) is 0 Å². The zero-order valence-electron chi connectivity index (χ0n) is 10.5. The second-order valence-corrected chi connectivity index (χ2v) is 4.61.